The molecule has 0 spiro atoms. The molecule has 1 amide bonds. The summed E-state index contributed by atoms with van der Waals surface area (Å²) in [6.07, 6.45) is 0. The van der Waals surface area contributed by atoms with Gasteiger partial charge in [0.15, 0.2) is 0 Å². The highest BCUT2D eigenvalue weighted by molar-refractivity contribution is 6.18. The molecule has 0 aliphatic rings. The molecule has 0 saturated carbocycles. The summed E-state index contributed by atoms with van der Waals surface area (Å²) < 4.78 is 0. The van der Waals surface area contributed by atoms with Crippen molar-refractivity contribution in [3.8, 4) is 0 Å². The van der Waals surface area contributed by atoms with E-state index in [0.29, 0.717) is 0 Å². The molecule has 1 aromatic rings. The van der Waals surface area contributed by atoms with Crippen LogP contribution in [0, 0.1) is 17.0 Å². The fraction of sp³-hybridized carbons (Fsp3) is 0.417. The van der Waals surface area contributed by atoms with Gasteiger partial charge in [0.25, 0.3) is 11.6 Å². The van der Waals surface area contributed by atoms with Crippen molar-refractivity contribution < 1.29 is 9.72 Å². The molecule has 0 aliphatic heterocycles. The van der Waals surface area contributed by atoms with Crippen molar-refractivity contribution in [2.45, 2.75) is 26.3 Å². The summed E-state index contributed by atoms with van der Waals surface area (Å²) in [6.45, 7) is 5.27. The van der Waals surface area contributed by atoms with Crippen molar-refractivity contribution in [1.82, 2.24) is 5.32 Å². The number of carbonyl (C=O) groups excluding carboxylic acids is 1. The number of hydrogen-bond donors (Lipinski definition) is 1. The van der Waals surface area contributed by atoms with Gasteiger partial charge in [0.1, 0.15) is 5.56 Å². The first-order valence-corrected chi connectivity index (χ1v) is 5.94. The van der Waals surface area contributed by atoms with Crippen LogP contribution in [0.15, 0.2) is 18.2 Å². The third-order valence-corrected chi connectivity index (χ3v) is 3.05. The summed E-state index contributed by atoms with van der Waals surface area (Å²) in [5.74, 6) is -0.269. The summed E-state index contributed by atoms with van der Waals surface area (Å²) in [7, 11) is 0. The highest BCUT2D eigenvalue weighted by atomic mass is 35.5. The number of amides is 1. The molecule has 5 nitrogen and oxygen atoms in total. The maximum atomic E-state index is 12.0. The quantitative estimate of drug-likeness (QED) is 0.519. The Bertz CT molecular complexity index is 486. The monoisotopic (exact) mass is 270 g/mol. The van der Waals surface area contributed by atoms with Crippen LogP contribution in [0.4, 0.5) is 5.69 Å². The van der Waals surface area contributed by atoms with Crippen LogP contribution >= 0.6 is 11.6 Å². The molecule has 1 rings (SSSR count). The topological polar surface area (TPSA) is 72.2 Å². The largest absolute Gasteiger partial charge is 0.346 e. The summed E-state index contributed by atoms with van der Waals surface area (Å²) in [4.78, 5) is 22.3. The number of nitro groups is 1. The Morgan fingerprint density at radius 2 is 2.11 bits per heavy atom. The minimum absolute atomic E-state index is 0.0539. The summed E-state index contributed by atoms with van der Waals surface area (Å²) in [6, 6.07) is 4.43. The fourth-order valence-electron chi connectivity index (χ4n) is 1.40. The van der Waals surface area contributed by atoms with E-state index in [-0.39, 0.29) is 17.1 Å². The number of nitrogens with zero attached hydrogens (tertiary/aromatic N) is 1. The Morgan fingerprint density at radius 3 is 2.61 bits per heavy atom. The van der Waals surface area contributed by atoms with Gasteiger partial charge in [-0.3, -0.25) is 14.9 Å². The first kappa shape index (κ1) is 14.4. The van der Waals surface area contributed by atoms with Gasteiger partial charge in [-0.2, -0.15) is 0 Å². The molecule has 0 heterocycles. The van der Waals surface area contributed by atoms with E-state index in [0.717, 1.165) is 5.56 Å². The lowest BCUT2D eigenvalue weighted by atomic mass is 10.1. The lowest BCUT2D eigenvalue weighted by molar-refractivity contribution is -0.385. The van der Waals surface area contributed by atoms with Crippen LogP contribution < -0.4 is 5.32 Å². The zero-order valence-electron chi connectivity index (χ0n) is 10.5. The van der Waals surface area contributed by atoms with Crippen LogP contribution in [0.25, 0.3) is 0 Å². The summed E-state index contributed by atoms with van der Waals surface area (Å²) in [5.41, 5.74) is 0.0204. The lowest BCUT2D eigenvalue weighted by Crippen LogP contribution is -2.45. The average Bonchev–Trinajstić information content (AvgIpc) is 2.28. The van der Waals surface area contributed by atoms with Gasteiger partial charge in [-0.1, -0.05) is 6.07 Å². The molecule has 0 atom stereocenters. The van der Waals surface area contributed by atoms with Gasteiger partial charge in [0, 0.05) is 17.5 Å². The van der Waals surface area contributed by atoms with Gasteiger partial charge in [0.2, 0.25) is 0 Å². The van der Waals surface area contributed by atoms with Crippen molar-refractivity contribution in [2.24, 2.45) is 0 Å². The average molecular weight is 271 g/mol. The second-order valence-corrected chi connectivity index (χ2v) is 5.02. The zero-order chi connectivity index (χ0) is 13.9. The van der Waals surface area contributed by atoms with Gasteiger partial charge in [-0.25, -0.2) is 0 Å². The Kier molecular flexibility index (Phi) is 4.29. The van der Waals surface area contributed by atoms with Crippen LogP contribution in [0.5, 0.6) is 0 Å². The molecule has 6 heteroatoms. The van der Waals surface area contributed by atoms with Crippen molar-refractivity contribution in [1.29, 1.82) is 0 Å². The van der Waals surface area contributed by atoms with E-state index in [9.17, 15) is 14.9 Å². The molecule has 18 heavy (non-hydrogen) atoms. The summed E-state index contributed by atoms with van der Waals surface area (Å²) in [5, 5.41) is 13.5. The molecule has 0 saturated heterocycles. The van der Waals surface area contributed by atoms with Crippen LogP contribution in [0.3, 0.4) is 0 Å². The number of aryl methyl sites for hydroxylation is 1. The second-order valence-electron chi connectivity index (χ2n) is 4.75. The number of nitrogens with one attached hydrogen (secondary N) is 1. The number of halogens is 1. The van der Waals surface area contributed by atoms with Crippen LogP contribution in [0.2, 0.25) is 0 Å². The Labute approximate surface area is 110 Å². The van der Waals surface area contributed by atoms with Crippen LogP contribution in [-0.4, -0.2) is 22.2 Å². The molecule has 98 valence electrons. The van der Waals surface area contributed by atoms with Crippen LogP contribution in [-0.2, 0) is 0 Å². The minimum Gasteiger partial charge on any atom is -0.346 e. The van der Waals surface area contributed by atoms with Gasteiger partial charge < -0.3 is 5.32 Å². The molecular formula is C12H15ClN2O3. The van der Waals surface area contributed by atoms with Gasteiger partial charge in [-0.15, -0.1) is 11.6 Å². The molecule has 1 N–H and O–H groups in total. The zero-order valence-corrected chi connectivity index (χ0v) is 11.2. The lowest BCUT2D eigenvalue weighted by Gasteiger charge is -2.23. The SMILES string of the molecule is Cc1ccc([N+](=O)[O-])c(C(=O)NC(C)(C)CCl)c1. The first-order valence-electron chi connectivity index (χ1n) is 5.40. The van der Waals surface area contributed by atoms with Crippen molar-refractivity contribution in [3.63, 3.8) is 0 Å². The van der Waals surface area contributed by atoms with E-state index in [1.54, 1.807) is 26.8 Å². The Balaban J connectivity index is 3.12. The van der Waals surface area contributed by atoms with E-state index in [1.165, 1.54) is 12.1 Å². The van der Waals surface area contributed by atoms with Crippen molar-refractivity contribution >= 4 is 23.2 Å². The van der Waals surface area contributed by atoms with Crippen molar-refractivity contribution in [3.05, 3.63) is 39.4 Å². The second kappa shape index (κ2) is 5.35. The predicted octanol–water partition coefficient (Wildman–Crippen LogP) is 2.65. The normalized spacial score (nSPS) is 11.1. The van der Waals surface area contributed by atoms with E-state index in [2.05, 4.69) is 5.32 Å². The maximum absolute atomic E-state index is 12.0. The van der Waals surface area contributed by atoms with E-state index < -0.39 is 16.4 Å². The van der Waals surface area contributed by atoms with E-state index >= 15 is 0 Å². The molecule has 0 fully saturated rings. The fourth-order valence-corrected chi connectivity index (χ4v) is 1.47. The third kappa shape index (κ3) is 3.43. The molecule has 0 bridgehead atoms. The Hall–Kier alpha value is -1.62. The standard InChI is InChI=1S/C12H15ClN2O3/c1-8-4-5-10(15(17)18)9(6-8)11(16)14-12(2,3)7-13/h4-6H,7H2,1-3H3,(H,14,16). The number of hydrogen-bond acceptors (Lipinski definition) is 3. The molecule has 0 aliphatic carbocycles. The summed E-state index contributed by atoms with van der Waals surface area (Å²) >= 11 is 5.71. The molecule has 0 unspecified atom stereocenters. The smallest absolute Gasteiger partial charge is 0.282 e. The van der Waals surface area contributed by atoms with Gasteiger partial charge >= 0.3 is 0 Å². The minimum atomic E-state index is -0.615. The number of nitro benzene ring substituents is 1. The first-order chi connectivity index (χ1) is 8.26. The number of carbonyl (C=O) groups is 1. The van der Waals surface area contributed by atoms with Crippen molar-refractivity contribution in [2.75, 3.05) is 5.88 Å². The molecule has 0 radical (unpaired) electrons. The van der Waals surface area contributed by atoms with E-state index in [4.69, 9.17) is 11.6 Å². The highest BCUT2D eigenvalue weighted by Crippen LogP contribution is 2.20. The van der Waals surface area contributed by atoms with Crippen LogP contribution in [0.1, 0.15) is 29.8 Å². The van der Waals surface area contributed by atoms with E-state index in [1.807, 2.05) is 0 Å². The highest BCUT2D eigenvalue weighted by Gasteiger charge is 2.25. The number of rotatable bonds is 4. The Morgan fingerprint density at radius 1 is 1.50 bits per heavy atom. The number of alkyl halides is 1. The molecule has 0 aromatic heterocycles. The van der Waals surface area contributed by atoms with Gasteiger partial charge in [0.05, 0.1) is 4.92 Å². The molecule has 1 aromatic carbocycles. The maximum Gasteiger partial charge on any atom is 0.282 e. The van der Waals surface area contributed by atoms with Gasteiger partial charge in [-0.05, 0) is 32.4 Å². The predicted molar refractivity (Wildman–Crippen MR) is 70.1 cm³/mol. The third-order valence-electron chi connectivity index (χ3n) is 2.38. The number of benzene rings is 1. The molecular weight excluding hydrogens is 256 g/mol.